The summed E-state index contributed by atoms with van der Waals surface area (Å²) in [4.78, 5) is 0. The lowest BCUT2D eigenvalue weighted by Crippen LogP contribution is -2.34. The van der Waals surface area contributed by atoms with Crippen molar-refractivity contribution in [3.05, 3.63) is 35.4 Å². The largest absolute Gasteiger partial charge is 0.308 e. The van der Waals surface area contributed by atoms with Crippen LogP contribution in [0.4, 0.5) is 0 Å². The molecule has 0 radical (unpaired) electrons. The smallest absolute Gasteiger partial charge is 0.0409 e. The third-order valence-corrected chi connectivity index (χ3v) is 3.36. The Morgan fingerprint density at radius 3 is 2.79 bits per heavy atom. The molecule has 0 aliphatic carbocycles. The average Bonchev–Trinajstić information content (AvgIpc) is 2.66. The molecule has 14 heavy (non-hydrogen) atoms. The van der Waals surface area contributed by atoms with Gasteiger partial charge in [0.1, 0.15) is 0 Å². The van der Waals surface area contributed by atoms with Crippen molar-refractivity contribution >= 4 is 0 Å². The van der Waals surface area contributed by atoms with Crippen LogP contribution in [0.1, 0.15) is 37.8 Å². The molecule has 2 rings (SSSR count). The highest BCUT2D eigenvalue weighted by atomic mass is 15.0. The minimum absolute atomic E-state index is 0.229. The summed E-state index contributed by atoms with van der Waals surface area (Å²) in [5, 5.41) is 3.62. The van der Waals surface area contributed by atoms with Gasteiger partial charge in [-0.25, -0.2) is 0 Å². The SMILES string of the molecule is CCc1ccccc1C1(C)CCCN1. The molecule has 1 aromatic rings. The fraction of sp³-hybridized carbons (Fsp3) is 0.538. The van der Waals surface area contributed by atoms with Crippen LogP contribution in [0.2, 0.25) is 0 Å². The highest BCUT2D eigenvalue weighted by Gasteiger charge is 2.31. The van der Waals surface area contributed by atoms with E-state index in [1.165, 1.54) is 24.0 Å². The van der Waals surface area contributed by atoms with Gasteiger partial charge in [0.2, 0.25) is 0 Å². The molecular weight excluding hydrogens is 170 g/mol. The van der Waals surface area contributed by atoms with Gasteiger partial charge in [0.25, 0.3) is 0 Å². The van der Waals surface area contributed by atoms with Gasteiger partial charge in [-0.2, -0.15) is 0 Å². The van der Waals surface area contributed by atoms with Crippen molar-refractivity contribution in [2.24, 2.45) is 0 Å². The van der Waals surface area contributed by atoms with Crippen molar-refractivity contribution in [1.29, 1.82) is 0 Å². The lowest BCUT2D eigenvalue weighted by atomic mass is 9.86. The van der Waals surface area contributed by atoms with Gasteiger partial charge in [-0.05, 0) is 43.9 Å². The molecule has 1 nitrogen and oxygen atoms in total. The van der Waals surface area contributed by atoms with Crippen LogP contribution in [0.25, 0.3) is 0 Å². The summed E-state index contributed by atoms with van der Waals surface area (Å²) in [7, 11) is 0. The predicted molar refractivity (Wildman–Crippen MR) is 60.4 cm³/mol. The molecule has 1 fully saturated rings. The second-order valence-corrected chi connectivity index (χ2v) is 4.37. The van der Waals surface area contributed by atoms with Crippen LogP contribution < -0.4 is 5.32 Å². The lowest BCUT2D eigenvalue weighted by molar-refractivity contribution is 0.431. The molecule has 1 atom stereocenters. The Hall–Kier alpha value is -0.820. The molecule has 1 heteroatoms. The Bertz CT molecular complexity index is 311. The van der Waals surface area contributed by atoms with Crippen molar-refractivity contribution in [2.75, 3.05) is 6.54 Å². The van der Waals surface area contributed by atoms with Gasteiger partial charge < -0.3 is 5.32 Å². The Morgan fingerprint density at radius 1 is 1.36 bits per heavy atom. The molecule has 0 bridgehead atoms. The lowest BCUT2D eigenvalue weighted by Gasteiger charge is -2.27. The normalized spacial score (nSPS) is 26.7. The van der Waals surface area contributed by atoms with Gasteiger partial charge in [-0.3, -0.25) is 0 Å². The topological polar surface area (TPSA) is 12.0 Å². The zero-order chi connectivity index (χ0) is 10.0. The first kappa shape index (κ1) is 9.72. The molecule has 1 unspecified atom stereocenters. The van der Waals surface area contributed by atoms with Gasteiger partial charge in [0, 0.05) is 5.54 Å². The number of benzene rings is 1. The first-order valence-electron chi connectivity index (χ1n) is 5.60. The summed E-state index contributed by atoms with van der Waals surface area (Å²) >= 11 is 0. The molecule has 1 aliphatic rings. The third-order valence-electron chi connectivity index (χ3n) is 3.36. The number of hydrogen-bond acceptors (Lipinski definition) is 1. The zero-order valence-electron chi connectivity index (χ0n) is 9.14. The van der Waals surface area contributed by atoms with E-state index >= 15 is 0 Å². The summed E-state index contributed by atoms with van der Waals surface area (Å²) < 4.78 is 0. The van der Waals surface area contributed by atoms with Crippen LogP contribution in [0, 0.1) is 0 Å². The molecule has 1 saturated heterocycles. The molecule has 1 aromatic carbocycles. The van der Waals surface area contributed by atoms with E-state index in [2.05, 4.69) is 43.4 Å². The zero-order valence-corrected chi connectivity index (χ0v) is 9.14. The van der Waals surface area contributed by atoms with E-state index in [1.54, 1.807) is 0 Å². The number of hydrogen-bond donors (Lipinski definition) is 1. The van der Waals surface area contributed by atoms with Crippen LogP contribution in [0.5, 0.6) is 0 Å². The van der Waals surface area contributed by atoms with Crippen molar-refractivity contribution < 1.29 is 0 Å². The quantitative estimate of drug-likeness (QED) is 0.754. The van der Waals surface area contributed by atoms with E-state index in [4.69, 9.17) is 0 Å². The maximum absolute atomic E-state index is 3.62. The van der Waals surface area contributed by atoms with Crippen LogP contribution in [0.3, 0.4) is 0 Å². The maximum Gasteiger partial charge on any atom is 0.0409 e. The van der Waals surface area contributed by atoms with Crippen LogP contribution >= 0.6 is 0 Å². The van der Waals surface area contributed by atoms with Crippen molar-refractivity contribution in [3.8, 4) is 0 Å². The maximum atomic E-state index is 3.62. The average molecular weight is 189 g/mol. The van der Waals surface area contributed by atoms with Crippen LogP contribution in [-0.2, 0) is 12.0 Å². The first-order chi connectivity index (χ1) is 6.76. The van der Waals surface area contributed by atoms with Crippen molar-refractivity contribution in [1.82, 2.24) is 5.32 Å². The van der Waals surface area contributed by atoms with Gasteiger partial charge in [-0.15, -0.1) is 0 Å². The van der Waals surface area contributed by atoms with Crippen LogP contribution in [-0.4, -0.2) is 6.54 Å². The first-order valence-corrected chi connectivity index (χ1v) is 5.60. The Morgan fingerprint density at radius 2 is 2.14 bits per heavy atom. The van der Waals surface area contributed by atoms with Crippen LogP contribution in [0.15, 0.2) is 24.3 Å². The number of nitrogens with one attached hydrogen (secondary N) is 1. The predicted octanol–water partition coefficient (Wildman–Crippen LogP) is 2.85. The van der Waals surface area contributed by atoms with Crippen molar-refractivity contribution in [2.45, 2.75) is 38.6 Å². The molecule has 1 aliphatic heterocycles. The van der Waals surface area contributed by atoms with Gasteiger partial charge in [-0.1, -0.05) is 31.2 Å². The van der Waals surface area contributed by atoms with E-state index in [9.17, 15) is 0 Å². The summed E-state index contributed by atoms with van der Waals surface area (Å²) in [6.45, 7) is 5.72. The highest BCUT2D eigenvalue weighted by Crippen LogP contribution is 2.32. The Labute approximate surface area is 86.5 Å². The molecule has 76 valence electrons. The summed E-state index contributed by atoms with van der Waals surface area (Å²) in [6.07, 6.45) is 3.70. The second-order valence-electron chi connectivity index (χ2n) is 4.37. The third kappa shape index (κ3) is 1.57. The van der Waals surface area contributed by atoms with Gasteiger partial charge in [0.05, 0.1) is 0 Å². The minimum atomic E-state index is 0.229. The summed E-state index contributed by atoms with van der Waals surface area (Å²) in [5.74, 6) is 0. The van der Waals surface area contributed by atoms with E-state index in [0.717, 1.165) is 13.0 Å². The monoisotopic (exact) mass is 189 g/mol. The summed E-state index contributed by atoms with van der Waals surface area (Å²) in [6, 6.07) is 8.82. The van der Waals surface area contributed by atoms with E-state index in [1.807, 2.05) is 0 Å². The van der Waals surface area contributed by atoms with E-state index in [0.29, 0.717) is 0 Å². The Balaban J connectivity index is 2.39. The molecular formula is C13H19N. The van der Waals surface area contributed by atoms with Gasteiger partial charge in [0.15, 0.2) is 0 Å². The fourth-order valence-electron chi connectivity index (χ4n) is 2.49. The molecule has 0 amide bonds. The van der Waals surface area contributed by atoms with E-state index in [-0.39, 0.29) is 5.54 Å². The molecule has 1 heterocycles. The summed E-state index contributed by atoms with van der Waals surface area (Å²) in [5.41, 5.74) is 3.22. The molecule has 0 saturated carbocycles. The minimum Gasteiger partial charge on any atom is -0.308 e. The highest BCUT2D eigenvalue weighted by molar-refractivity contribution is 5.34. The van der Waals surface area contributed by atoms with Gasteiger partial charge >= 0.3 is 0 Å². The number of rotatable bonds is 2. The Kier molecular flexibility index (Phi) is 2.60. The van der Waals surface area contributed by atoms with E-state index < -0.39 is 0 Å². The standard InChI is InChI=1S/C13H19N/c1-3-11-7-4-5-8-12(11)13(2)9-6-10-14-13/h4-5,7-8,14H,3,6,9-10H2,1-2H3. The second kappa shape index (κ2) is 3.74. The fourth-order valence-corrected chi connectivity index (χ4v) is 2.49. The number of aryl methyl sites for hydroxylation is 1. The van der Waals surface area contributed by atoms with Crippen molar-refractivity contribution in [3.63, 3.8) is 0 Å². The molecule has 0 spiro atoms. The molecule has 1 N–H and O–H groups in total. The molecule has 0 aromatic heterocycles.